The zero-order valence-corrected chi connectivity index (χ0v) is 13.7. The van der Waals surface area contributed by atoms with E-state index in [1.807, 2.05) is 13.8 Å². The Balaban J connectivity index is 2.11. The molecule has 0 atom stereocenters. The molecule has 1 heterocycles. The van der Waals surface area contributed by atoms with Crippen molar-refractivity contribution in [3.05, 3.63) is 58.9 Å². The lowest BCUT2D eigenvalue weighted by Gasteiger charge is -2.09. The first kappa shape index (κ1) is 17.0. The third-order valence-electron chi connectivity index (χ3n) is 3.06. The van der Waals surface area contributed by atoms with Gasteiger partial charge >= 0.3 is 0 Å². The van der Waals surface area contributed by atoms with E-state index in [1.165, 1.54) is 18.5 Å². The van der Waals surface area contributed by atoms with Crippen molar-refractivity contribution >= 4 is 29.1 Å². The first-order valence-electron chi connectivity index (χ1n) is 7.26. The van der Waals surface area contributed by atoms with Crippen LogP contribution in [0.15, 0.2) is 42.7 Å². The summed E-state index contributed by atoms with van der Waals surface area (Å²) < 4.78 is 0. The van der Waals surface area contributed by atoms with Gasteiger partial charge < -0.3 is 10.6 Å². The minimum atomic E-state index is -0.371. The molecule has 120 valence electrons. The number of benzene rings is 1. The summed E-state index contributed by atoms with van der Waals surface area (Å²) in [6.45, 7) is 4.58. The number of rotatable bonds is 5. The van der Waals surface area contributed by atoms with Crippen LogP contribution in [0.3, 0.4) is 0 Å². The Hall–Kier alpha value is -2.40. The molecule has 0 aliphatic rings. The molecule has 23 heavy (non-hydrogen) atoms. The van der Waals surface area contributed by atoms with Crippen molar-refractivity contribution in [1.29, 1.82) is 0 Å². The number of carbonyl (C=O) groups is 2. The zero-order chi connectivity index (χ0) is 16.8. The Morgan fingerprint density at radius 3 is 2.43 bits per heavy atom. The molecule has 0 radical (unpaired) electrons. The number of aromatic nitrogens is 1. The van der Waals surface area contributed by atoms with Crippen LogP contribution in [0, 0.1) is 5.92 Å². The zero-order valence-electron chi connectivity index (χ0n) is 13.0. The number of hydrogen-bond acceptors (Lipinski definition) is 3. The molecule has 0 aliphatic carbocycles. The second-order valence-electron chi connectivity index (χ2n) is 5.50. The van der Waals surface area contributed by atoms with Gasteiger partial charge in [0.05, 0.1) is 21.8 Å². The van der Waals surface area contributed by atoms with Crippen molar-refractivity contribution in [2.75, 3.05) is 11.9 Å². The molecular weight excluding hydrogens is 314 g/mol. The maximum atomic E-state index is 12.3. The lowest BCUT2D eigenvalue weighted by Crippen LogP contribution is -2.27. The number of nitrogens with zero attached hydrogens (tertiary/aromatic N) is 1. The molecule has 5 nitrogen and oxygen atoms in total. The molecule has 6 heteroatoms. The van der Waals surface area contributed by atoms with E-state index >= 15 is 0 Å². The summed E-state index contributed by atoms with van der Waals surface area (Å²) in [5.74, 6) is -0.277. The number of para-hydroxylation sites is 1. The molecular formula is C17H18ClN3O2. The van der Waals surface area contributed by atoms with Crippen LogP contribution < -0.4 is 10.6 Å². The molecule has 2 N–H and O–H groups in total. The fraction of sp³-hybridized carbons (Fsp3) is 0.235. The number of nitrogens with one attached hydrogen (secondary N) is 2. The van der Waals surface area contributed by atoms with Gasteiger partial charge in [-0.2, -0.15) is 0 Å². The van der Waals surface area contributed by atoms with Crippen molar-refractivity contribution in [1.82, 2.24) is 10.3 Å². The van der Waals surface area contributed by atoms with Crippen LogP contribution in [0.25, 0.3) is 0 Å². The molecule has 0 bridgehead atoms. The van der Waals surface area contributed by atoms with Gasteiger partial charge in [0.25, 0.3) is 11.8 Å². The van der Waals surface area contributed by atoms with Crippen molar-refractivity contribution < 1.29 is 9.59 Å². The highest BCUT2D eigenvalue weighted by molar-refractivity contribution is 6.33. The molecule has 0 saturated carbocycles. The molecule has 2 amide bonds. The fourth-order valence-corrected chi connectivity index (χ4v) is 2.03. The van der Waals surface area contributed by atoms with Crippen molar-refractivity contribution in [3.8, 4) is 0 Å². The summed E-state index contributed by atoms with van der Waals surface area (Å²) in [5.41, 5.74) is 1.15. The normalized spacial score (nSPS) is 10.4. The monoisotopic (exact) mass is 331 g/mol. The highest BCUT2D eigenvalue weighted by Crippen LogP contribution is 2.21. The first-order chi connectivity index (χ1) is 11.0. The molecule has 0 saturated heterocycles. The molecule has 0 fully saturated rings. The maximum Gasteiger partial charge on any atom is 0.257 e. The highest BCUT2D eigenvalue weighted by Gasteiger charge is 2.12. The van der Waals surface area contributed by atoms with Gasteiger partial charge in [0, 0.05) is 18.9 Å². The summed E-state index contributed by atoms with van der Waals surface area (Å²) in [6, 6.07) is 8.45. The van der Waals surface area contributed by atoms with Crippen LogP contribution in [0.2, 0.25) is 5.02 Å². The Morgan fingerprint density at radius 2 is 1.78 bits per heavy atom. The third kappa shape index (κ3) is 4.79. The molecule has 1 aromatic heterocycles. The average Bonchev–Trinajstić information content (AvgIpc) is 2.54. The van der Waals surface area contributed by atoms with Gasteiger partial charge in [0.2, 0.25) is 0 Å². The summed E-state index contributed by atoms with van der Waals surface area (Å²) >= 11 is 6.01. The minimum Gasteiger partial charge on any atom is -0.352 e. The van der Waals surface area contributed by atoms with Crippen molar-refractivity contribution in [2.24, 2.45) is 5.92 Å². The fourth-order valence-electron chi connectivity index (χ4n) is 1.84. The smallest absolute Gasteiger partial charge is 0.257 e. The quantitative estimate of drug-likeness (QED) is 0.882. The van der Waals surface area contributed by atoms with E-state index in [0.29, 0.717) is 34.3 Å². The molecule has 0 aliphatic heterocycles. The molecule has 0 spiro atoms. The van der Waals surface area contributed by atoms with Gasteiger partial charge in [-0.1, -0.05) is 37.6 Å². The van der Waals surface area contributed by atoms with E-state index in [-0.39, 0.29) is 11.8 Å². The Kier molecular flexibility index (Phi) is 5.71. The number of hydrogen-bond donors (Lipinski definition) is 2. The van der Waals surface area contributed by atoms with E-state index in [0.717, 1.165) is 0 Å². The summed E-state index contributed by atoms with van der Waals surface area (Å²) in [4.78, 5) is 28.3. The highest BCUT2D eigenvalue weighted by atomic mass is 35.5. The van der Waals surface area contributed by atoms with Gasteiger partial charge in [0.15, 0.2) is 0 Å². The number of halogens is 1. The summed E-state index contributed by atoms with van der Waals surface area (Å²) in [7, 11) is 0. The van der Waals surface area contributed by atoms with E-state index in [2.05, 4.69) is 15.6 Å². The number of anilines is 1. The molecule has 2 rings (SSSR count). The maximum absolute atomic E-state index is 12.3. The predicted molar refractivity (Wildman–Crippen MR) is 90.8 cm³/mol. The second-order valence-corrected chi connectivity index (χ2v) is 5.91. The van der Waals surface area contributed by atoms with Gasteiger partial charge in [-0.3, -0.25) is 14.6 Å². The van der Waals surface area contributed by atoms with E-state index in [4.69, 9.17) is 11.6 Å². The number of pyridine rings is 1. The number of amides is 2. The van der Waals surface area contributed by atoms with E-state index in [9.17, 15) is 9.59 Å². The van der Waals surface area contributed by atoms with Gasteiger partial charge in [-0.15, -0.1) is 0 Å². The van der Waals surface area contributed by atoms with E-state index in [1.54, 1.807) is 24.3 Å². The topological polar surface area (TPSA) is 71.1 Å². The van der Waals surface area contributed by atoms with Gasteiger partial charge in [0.1, 0.15) is 0 Å². The SMILES string of the molecule is CC(C)CNC(=O)c1cncc(C(=O)Nc2ccccc2Cl)c1. The largest absolute Gasteiger partial charge is 0.352 e. The minimum absolute atomic E-state index is 0.251. The first-order valence-corrected chi connectivity index (χ1v) is 7.64. The summed E-state index contributed by atoms with van der Waals surface area (Å²) in [6.07, 6.45) is 2.84. The van der Waals surface area contributed by atoms with Gasteiger partial charge in [-0.05, 0) is 24.1 Å². The molecule has 0 unspecified atom stereocenters. The summed E-state index contributed by atoms with van der Waals surface area (Å²) in [5, 5.41) is 5.94. The standard InChI is InChI=1S/C17H18ClN3O2/c1-11(2)8-20-16(22)12-7-13(10-19-9-12)17(23)21-15-6-4-3-5-14(15)18/h3-7,9-11H,8H2,1-2H3,(H,20,22)(H,21,23). The predicted octanol–water partition coefficient (Wildman–Crippen LogP) is 3.37. The van der Waals surface area contributed by atoms with Crippen LogP contribution in [0.5, 0.6) is 0 Å². The lowest BCUT2D eigenvalue weighted by atomic mass is 10.1. The molecule has 1 aromatic carbocycles. The molecule has 2 aromatic rings. The third-order valence-corrected chi connectivity index (χ3v) is 3.39. The Morgan fingerprint density at radius 1 is 1.13 bits per heavy atom. The van der Waals surface area contributed by atoms with Crippen LogP contribution >= 0.6 is 11.6 Å². The van der Waals surface area contributed by atoms with Crippen LogP contribution in [-0.2, 0) is 0 Å². The van der Waals surface area contributed by atoms with Crippen LogP contribution in [-0.4, -0.2) is 23.3 Å². The Bertz CT molecular complexity index is 716. The van der Waals surface area contributed by atoms with Crippen LogP contribution in [0.1, 0.15) is 34.6 Å². The lowest BCUT2D eigenvalue weighted by molar-refractivity contribution is 0.0948. The van der Waals surface area contributed by atoms with Crippen molar-refractivity contribution in [3.63, 3.8) is 0 Å². The number of carbonyl (C=O) groups excluding carboxylic acids is 2. The van der Waals surface area contributed by atoms with Crippen molar-refractivity contribution in [2.45, 2.75) is 13.8 Å². The average molecular weight is 332 g/mol. The van der Waals surface area contributed by atoms with Crippen LogP contribution in [0.4, 0.5) is 5.69 Å². The van der Waals surface area contributed by atoms with Gasteiger partial charge in [-0.25, -0.2) is 0 Å². The van der Waals surface area contributed by atoms with E-state index < -0.39 is 0 Å². The second kappa shape index (κ2) is 7.74. The Labute approximate surface area is 140 Å².